The highest BCUT2D eigenvalue weighted by atomic mass is 16.5. The predicted octanol–water partition coefficient (Wildman–Crippen LogP) is 1.66. The van der Waals surface area contributed by atoms with E-state index < -0.39 is 5.60 Å². The van der Waals surface area contributed by atoms with Gasteiger partial charge in [-0.25, -0.2) is 0 Å². The van der Waals surface area contributed by atoms with Crippen LogP contribution in [0.2, 0.25) is 0 Å². The van der Waals surface area contributed by atoms with Crippen molar-refractivity contribution >= 4 is 5.97 Å². The molecular weight excluding hydrogens is 168 g/mol. The predicted molar refractivity (Wildman–Crippen MR) is 51.3 cm³/mol. The Labute approximate surface area is 79.4 Å². The Morgan fingerprint density at radius 1 is 1.54 bits per heavy atom. The fourth-order valence-electron chi connectivity index (χ4n) is 1.18. The summed E-state index contributed by atoms with van der Waals surface area (Å²) in [5, 5.41) is 9.70. The van der Waals surface area contributed by atoms with Crippen LogP contribution in [0.5, 0.6) is 0 Å². The molecule has 0 amide bonds. The molecule has 0 heterocycles. The molecule has 0 aliphatic heterocycles. The molecule has 0 aromatic heterocycles. The molecule has 0 saturated heterocycles. The highest BCUT2D eigenvalue weighted by Crippen LogP contribution is 2.14. The zero-order valence-electron chi connectivity index (χ0n) is 8.76. The van der Waals surface area contributed by atoms with Gasteiger partial charge in [0.15, 0.2) is 0 Å². The van der Waals surface area contributed by atoms with Crippen molar-refractivity contribution in [3.05, 3.63) is 11.6 Å². The highest BCUT2D eigenvalue weighted by Gasteiger charge is 2.22. The minimum absolute atomic E-state index is 0.00597. The van der Waals surface area contributed by atoms with Gasteiger partial charge >= 0.3 is 5.97 Å². The van der Waals surface area contributed by atoms with Gasteiger partial charge in [0.2, 0.25) is 0 Å². The molecular formula is C10H18O3. The highest BCUT2D eigenvalue weighted by molar-refractivity contribution is 5.71. The lowest BCUT2D eigenvalue weighted by Crippen LogP contribution is -2.26. The van der Waals surface area contributed by atoms with E-state index in [1.807, 2.05) is 13.8 Å². The van der Waals surface area contributed by atoms with Crippen LogP contribution in [0.1, 0.15) is 34.1 Å². The Morgan fingerprint density at radius 3 is 2.46 bits per heavy atom. The lowest BCUT2D eigenvalue weighted by molar-refractivity contribution is -0.146. The third kappa shape index (κ3) is 6.34. The molecule has 3 nitrogen and oxygen atoms in total. The lowest BCUT2D eigenvalue weighted by atomic mass is 10.00. The number of carbonyl (C=O) groups excluding carboxylic acids is 1. The lowest BCUT2D eigenvalue weighted by Gasteiger charge is -2.18. The SMILES string of the molecule is CCOC(=O)CC(C)(O)C=C(C)C. The second-order valence-corrected chi connectivity index (χ2v) is 3.56. The Balaban J connectivity index is 4.17. The molecule has 1 N–H and O–H groups in total. The van der Waals surface area contributed by atoms with Crippen molar-refractivity contribution in [2.24, 2.45) is 0 Å². The van der Waals surface area contributed by atoms with Crippen LogP contribution in [0.4, 0.5) is 0 Å². The average Bonchev–Trinajstić information content (AvgIpc) is 1.81. The van der Waals surface area contributed by atoms with Gasteiger partial charge < -0.3 is 9.84 Å². The van der Waals surface area contributed by atoms with Crippen molar-refractivity contribution < 1.29 is 14.6 Å². The summed E-state index contributed by atoms with van der Waals surface area (Å²) in [7, 11) is 0. The van der Waals surface area contributed by atoms with Crippen molar-refractivity contribution in [2.75, 3.05) is 6.61 Å². The van der Waals surface area contributed by atoms with Crippen LogP contribution in [0.3, 0.4) is 0 Å². The van der Waals surface area contributed by atoms with Gasteiger partial charge in [0.1, 0.15) is 0 Å². The first-order valence-electron chi connectivity index (χ1n) is 4.41. The van der Waals surface area contributed by atoms with Crippen molar-refractivity contribution in [2.45, 2.75) is 39.7 Å². The Kier molecular flexibility index (Phi) is 4.70. The van der Waals surface area contributed by atoms with E-state index in [1.165, 1.54) is 0 Å². The molecule has 76 valence electrons. The maximum absolute atomic E-state index is 11.0. The van der Waals surface area contributed by atoms with Crippen molar-refractivity contribution in [3.8, 4) is 0 Å². The monoisotopic (exact) mass is 186 g/mol. The minimum atomic E-state index is -1.09. The van der Waals surface area contributed by atoms with Crippen LogP contribution >= 0.6 is 0 Å². The number of hydrogen-bond acceptors (Lipinski definition) is 3. The molecule has 0 radical (unpaired) electrons. The van der Waals surface area contributed by atoms with Crippen molar-refractivity contribution in [1.29, 1.82) is 0 Å². The second-order valence-electron chi connectivity index (χ2n) is 3.56. The summed E-state index contributed by atoms with van der Waals surface area (Å²) in [6.45, 7) is 7.44. The summed E-state index contributed by atoms with van der Waals surface area (Å²) in [6, 6.07) is 0. The van der Waals surface area contributed by atoms with E-state index in [4.69, 9.17) is 4.74 Å². The maximum Gasteiger partial charge on any atom is 0.309 e. The van der Waals surface area contributed by atoms with E-state index in [1.54, 1.807) is 19.9 Å². The van der Waals surface area contributed by atoms with Crippen molar-refractivity contribution in [1.82, 2.24) is 0 Å². The van der Waals surface area contributed by atoms with Gasteiger partial charge in [-0.3, -0.25) is 4.79 Å². The number of carbonyl (C=O) groups is 1. The summed E-state index contributed by atoms with van der Waals surface area (Å²) in [5.41, 5.74) is -0.111. The van der Waals surface area contributed by atoms with Gasteiger partial charge in [0.25, 0.3) is 0 Å². The fraction of sp³-hybridized carbons (Fsp3) is 0.700. The van der Waals surface area contributed by atoms with Gasteiger partial charge in [-0.05, 0) is 27.7 Å². The minimum Gasteiger partial charge on any atom is -0.466 e. The Morgan fingerprint density at radius 2 is 2.08 bits per heavy atom. The van der Waals surface area contributed by atoms with Gasteiger partial charge in [-0.2, -0.15) is 0 Å². The Hall–Kier alpha value is -0.830. The number of allylic oxidation sites excluding steroid dienone is 1. The summed E-state index contributed by atoms with van der Waals surface area (Å²) < 4.78 is 4.73. The van der Waals surface area contributed by atoms with Gasteiger partial charge in [0.05, 0.1) is 18.6 Å². The third-order valence-electron chi connectivity index (χ3n) is 1.41. The third-order valence-corrected chi connectivity index (χ3v) is 1.41. The molecule has 0 aromatic carbocycles. The molecule has 0 bridgehead atoms. The van der Waals surface area contributed by atoms with E-state index >= 15 is 0 Å². The molecule has 0 aliphatic rings. The molecule has 0 spiro atoms. The topological polar surface area (TPSA) is 46.5 Å². The molecule has 0 aliphatic carbocycles. The number of hydrogen-bond donors (Lipinski definition) is 1. The zero-order valence-corrected chi connectivity index (χ0v) is 8.76. The standard InChI is InChI=1S/C10H18O3/c1-5-13-9(11)7-10(4,12)6-8(2)3/h6,12H,5,7H2,1-4H3. The average molecular weight is 186 g/mol. The molecule has 0 rings (SSSR count). The largest absolute Gasteiger partial charge is 0.466 e. The maximum atomic E-state index is 11.0. The number of ether oxygens (including phenoxy) is 1. The first-order valence-corrected chi connectivity index (χ1v) is 4.41. The number of aliphatic hydroxyl groups is 1. The molecule has 0 saturated carbocycles. The smallest absolute Gasteiger partial charge is 0.309 e. The number of esters is 1. The van der Waals surface area contributed by atoms with Gasteiger partial charge in [-0.1, -0.05) is 11.6 Å². The zero-order chi connectivity index (χ0) is 10.5. The summed E-state index contributed by atoms with van der Waals surface area (Å²) in [4.78, 5) is 11.0. The van der Waals surface area contributed by atoms with E-state index in [0.717, 1.165) is 5.57 Å². The van der Waals surface area contributed by atoms with E-state index in [2.05, 4.69) is 0 Å². The summed E-state index contributed by atoms with van der Waals surface area (Å²) >= 11 is 0. The molecule has 1 unspecified atom stereocenters. The Bertz CT molecular complexity index is 200. The van der Waals surface area contributed by atoms with Crippen LogP contribution in [0.15, 0.2) is 11.6 Å². The fourth-order valence-corrected chi connectivity index (χ4v) is 1.18. The normalized spacial score (nSPS) is 14.5. The van der Waals surface area contributed by atoms with E-state index in [0.29, 0.717) is 6.61 Å². The first kappa shape index (κ1) is 12.2. The van der Waals surface area contributed by atoms with Crippen LogP contribution in [0.25, 0.3) is 0 Å². The molecule has 3 heteroatoms. The number of rotatable bonds is 4. The van der Waals surface area contributed by atoms with Crippen LogP contribution in [0, 0.1) is 0 Å². The second kappa shape index (κ2) is 5.02. The van der Waals surface area contributed by atoms with Gasteiger partial charge in [0, 0.05) is 0 Å². The van der Waals surface area contributed by atoms with Gasteiger partial charge in [-0.15, -0.1) is 0 Å². The van der Waals surface area contributed by atoms with Crippen molar-refractivity contribution in [3.63, 3.8) is 0 Å². The van der Waals surface area contributed by atoms with E-state index in [-0.39, 0.29) is 12.4 Å². The summed E-state index contributed by atoms with van der Waals surface area (Å²) in [6.07, 6.45) is 1.66. The molecule has 1 atom stereocenters. The van der Waals surface area contributed by atoms with E-state index in [9.17, 15) is 9.90 Å². The first-order chi connectivity index (χ1) is 5.87. The summed E-state index contributed by atoms with van der Waals surface area (Å²) in [5.74, 6) is -0.370. The van der Waals surface area contributed by atoms with Crippen LogP contribution in [-0.4, -0.2) is 23.3 Å². The van der Waals surface area contributed by atoms with Crippen LogP contribution < -0.4 is 0 Å². The molecule has 0 aromatic rings. The quantitative estimate of drug-likeness (QED) is 0.536. The molecule has 13 heavy (non-hydrogen) atoms. The van der Waals surface area contributed by atoms with Crippen LogP contribution in [-0.2, 0) is 9.53 Å². The molecule has 0 fully saturated rings.